The van der Waals surface area contributed by atoms with Gasteiger partial charge in [-0.15, -0.1) is 0 Å². The average Bonchev–Trinajstić information content (AvgIpc) is 3.08. The van der Waals surface area contributed by atoms with Crippen molar-refractivity contribution in [2.75, 3.05) is 24.6 Å². The Balaban J connectivity index is 1.15. The molecule has 0 fully saturated rings. The summed E-state index contributed by atoms with van der Waals surface area (Å²) in [7, 11) is 3.29. The van der Waals surface area contributed by atoms with Crippen LogP contribution in [0.4, 0.5) is 0 Å². The minimum Gasteiger partial charge on any atom is -0.508 e. The van der Waals surface area contributed by atoms with Gasteiger partial charge in [0.1, 0.15) is 23.0 Å². The lowest BCUT2D eigenvalue weighted by molar-refractivity contribution is -0.122. The van der Waals surface area contributed by atoms with E-state index in [0.717, 1.165) is 33.8 Å². The van der Waals surface area contributed by atoms with E-state index in [1.807, 2.05) is 48.5 Å². The van der Waals surface area contributed by atoms with Crippen molar-refractivity contribution >= 4 is 33.4 Å². The van der Waals surface area contributed by atoms with Gasteiger partial charge >= 0.3 is 0 Å². The minimum atomic E-state index is -0.483. The van der Waals surface area contributed by atoms with Crippen LogP contribution < -0.4 is 10.6 Å². The van der Waals surface area contributed by atoms with Crippen molar-refractivity contribution in [2.24, 2.45) is 0 Å². The predicted octanol–water partition coefficient (Wildman–Crippen LogP) is 7.00. The number of phenolic OH excluding ortho intramolecular Hbond substituents is 4. The molecule has 8 nitrogen and oxygen atoms in total. The Kier molecular flexibility index (Phi) is 13.1. The molecule has 0 aliphatic heterocycles. The molecule has 0 heterocycles. The van der Waals surface area contributed by atoms with E-state index < -0.39 is 10.8 Å². The van der Waals surface area contributed by atoms with Gasteiger partial charge in [0, 0.05) is 48.3 Å². The van der Waals surface area contributed by atoms with Gasteiger partial charge < -0.3 is 31.1 Å². The van der Waals surface area contributed by atoms with Gasteiger partial charge in [-0.2, -0.15) is 0 Å². The number of benzene rings is 4. The standard InChI is InChI=1S/C38H44N2O6S2/c1-37(27-3-11-31(41)12-4-27,28-5-13-32(42)14-6-28)21-19-35(45)39-23-25-47-48-26-24-40-36(46)20-22-38(2,29-7-15-33(43)16-8-29)30-9-17-34(44)18-10-30/h3-18,41-44H,19-26H2,1-2H3,(H,39,45)(H,40,46). The van der Waals surface area contributed by atoms with E-state index in [1.165, 1.54) is 0 Å². The highest BCUT2D eigenvalue weighted by molar-refractivity contribution is 8.76. The molecule has 48 heavy (non-hydrogen) atoms. The van der Waals surface area contributed by atoms with E-state index >= 15 is 0 Å². The second-order valence-corrected chi connectivity index (χ2v) is 14.9. The number of amides is 2. The molecule has 2 amide bonds. The zero-order chi connectivity index (χ0) is 34.6. The fraction of sp³-hybridized carbons (Fsp3) is 0.316. The summed E-state index contributed by atoms with van der Waals surface area (Å²) in [6.45, 7) is 5.19. The van der Waals surface area contributed by atoms with Gasteiger partial charge in [0.25, 0.3) is 0 Å². The number of carbonyl (C=O) groups is 2. The molecule has 0 unspecified atom stereocenters. The number of hydrogen-bond acceptors (Lipinski definition) is 8. The van der Waals surface area contributed by atoms with Gasteiger partial charge in [-0.05, 0) is 83.6 Å². The molecule has 0 radical (unpaired) electrons. The van der Waals surface area contributed by atoms with Gasteiger partial charge in [-0.3, -0.25) is 9.59 Å². The first-order chi connectivity index (χ1) is 23.0. The lowest BCUT2D eigenvalue weighted by Crippen LogP contribution is -2.30. The van der Waals surface area contributed by atoms with Gasteiger partial charge in [-0.1, -0.05) is 84.0 Å². The topological polar surface area (TPSA) is 139 Å². The predicted molar refractivity (Wildman–Crippen MR) is 195 cm³/mol. The Morgan fingerprint density at radius 3 is 1.00 bits per heavy atom. The van der Waals surface area contributed by atoms with Crippen molar-refractivity contribution in [3.05, 3.63) is 119 Å². The number of carbonyl (C=O) groups excluding carboxylic acids is 2. The fourth-order valence-corrected chi connectivity index (χ4v) is 7.53. The SMILES string of the molecule is CC(CCC(=O)NCCSSCCNC(=O)CCC(C)(c1ccc(O)cc1)c1ccc(O)cc1)(c1ccc(O)cc1)c1ccc(O)cc1. The lowest BCUT2D eigenvalue weighted by atomic mass is 9.73. The molecule has 0 spiro atoms. The zero-order valence-electron chi connectivity index (χ0n) is 27.3. The summed E-state index contributed by atoms with van der Waals surface area (Å²) in [4.78, 5) is 25.5. The molecular formula is C38H44N2O6S2. The molecule has 4 aromatic rings. The number of nitrogens with one attached hydrogen (secondary N) is 2. The molecule has 0 saturated heterocycles. The molecule has 6 N–H and O–H groups in total. The van der Waals surface area contributed by atoms with Crippen LogP contribution in [0.5, 0.6) is 23.0 Å². The van der Waals surface area contributed by atoms with Crippen LogP contribution in [0.1, 0.15) is 61.8 Å². The number of aromatic hydroxyl groups is 4. The van der Waals surface area contributed by atoms with Crippen LogP contribution in [0, 0.1) is 0 Å². The second kappa shape index (κ2) is 17.2. The molecule has 10 heteroatoms. The van der Waals surface area contributed by atoms with Crippen molar-refractivity contribution < 1.29 is 30.0 Å². The third kappa shape index (κ3) is 10.1. The van der Waals surface area contributed by atoms with Crippen molar-refractivity contribution in [2.45, 2.75) is 50.4 Å². The first-order valence-electron chi connectivity index (χ1n) is 16.0. The molecule has 254 valence electrons. The fourth-order valence-electron chi connectivity index (χ4n) is 5.71. The Morgan fingerprint density at radius 2 is 0.750 bits per heavy atom. The molecule has 0 aliphatic carbocycles. The van der Waals surface area contributed by atoms with Crippen LogP contribution in [-0.4, -0.2) is 56.8 Å². The second-order valence-electron chi connectivity index (χ2n) is 12.2. The Labute approximate surface area is 290 Å². The minimum absolute atomic E-state index is 0.0387. The summed E-state index contributed by atoms with van der Waals surface area (Å²) in [5.74, 6) is 2.10. The van der Waals surface area contributed by atoms with Gasteiger partial charge in [0.2, 0.25) is 11.8 Å². The summed E-state index contributed by atoms with van der Waals surface area (Å²) >= 11 is 0. The normalized spacial score (nSPS) is 11.6. The van der Waals surface area contributed by atoms with Gasteiger partial charge in [0.05, 0.1) is 0 Å². The lowest BCUT2D eigenvalue weighted by Gasteiger charge is -2.31. The average molecular weight is 689 g/mol. The van der Waals surface area contributed by atoms with E-state index in [-0.39, 0.29) is 34.8 Å². The summed E-state index contributed by atoms with van der Waals surface area (Å²) in [6.07, 6.45) is 1.75. The maximum Gasteiger partial charge on any atom is 0.220 e. The molecule has 0 saturated carbocycles. The molecule has 0 bridgehead atoms. The van der Waals surface area contributed by atoms with E-state index in [2.05, 4.69) is 24.5 Å². The third-order valence-corrected chi connectivity index (χ3v) is 11.2. The summed E-state index contributed by atoms with van der Waals surface area (Å²) in [5, 5.41) is 45.0. The highest BCUT2D eigenvalue weighted by Crippen LogP contribution is 2.39. The largest absolute Gasteiger partial charge is 0.508 e. The van der Waals surface area contributed by atoms with Crippen molar-refractivity contribution in [1.82, 2.24) is 10.6 Å². The smallest absolute Gasteiger partial charge is 0.220 e. The van der Waals surface area contributed by atoms with Crippen molar-refractivity contribution in [1.29, 1.82) is 0 Å². The maximum absolute atomic E-state index is 12.7. The highest BCUT2D eigenvalue weighted by atomic mass is 33.1. The molecule has 0 atom stereocenters. The van der Waals surface area contributed by atoms with E-state index in [0.29, 0.717) is 38.8 Å². The highest BCUT2D eigenvalue weighted by Gasteiger charge is 2.31. The zero-order valence-corrected chi connectivity index (χ0v) is 28.9. The van der Waals surface area contributed by atoms with Crippen LogP contribution in [0.3, 0.4) is 0 Å². The quantitative estimate of drug-likeness (QED) is 0.0516. The monoisotopic (exact) mass is 688 g/mol. The molecule has 0 aliphatic rings. The molecule has 0 aromatic heterocycles. The first kappa shape index (κ1) is 36.6. The summed E-state index contributed by atoms with van der Waals surface area (Å²) < 4.78 is 0. The first-order valence-corrected chi connectivity index (χ1v) is 18.4. The molecular weight excluding hydrogens is 645 g/mol. The van der Waals surface area contributed by atoms with Crippen LogP contribution in [0.15, 0.2) is 97.1 Å². The van der Waals surface area contributed by atoms with E-state index in [9.17, 15) is 30.0 Å². The summed E-state index contributed by atoms with van der Waals surface area (Å²) in [6, 6.07) is 28.0. The van der Waals surface area contributed by atoms with Crippen LogP contribution >= 0.6 is 21.6 Å². The maximum atomic E-state index is 12.7. The van der Waals surface area contributed by atoms with Crippen molar-refractivity contribution in [3.63, 3.8) is 0 Å². The van der Waals surface area contributed by atoms with Gasteiger partial charge in [-0.25, -0.2) is 0 Å². The van der Waals surface area contributed by atoms with Crippen molar-refractivity contribution in [3.8, 4) is 23.0 Å². The van der Waals surface area contributed by atoms with Crippen LogP contribution in [0.2, 0.25) is 0 Å². The molecule has 4 rings (SSSR count). The van der Waals surface area contributed by atoms with E-state index in [1.54, 1.807) is 70.1 Å². The van der Waals surface area contributed by atoms with Crippen LogP contribution in [0.25, 0.3) is 0 Å². The van der Waals surface area contributed by atoms with Crippen LogP contribution in [-0.2, 0) is 20.4 Å². The summed E-state index contributed by atoms with van der Waals surface area (Å²) in [5.41, 5.74) is 2.93. The Bertz CT molecular complexity index is 1400. The van der Waals surface area contributed by atoms with Gasteiger partial charge in [0.15, 0.2) is 0 Å². The molecule has 4 aromatic carbocycles. The Hall–Kier alpha value is -4.28. The van der Waals surface area contributed by atoms with E-state index in [4.69, 9.17) is 0 Å². The number of rotatable bonds is 17. The Morgan fingerprint density at radius 1 is 0.500 bits per heavy atom. The third-order valence-electron chi connectivity index (χ3n) is 8.82. The number of phenols is 4. The number of hydrogen-bond donors (Lipinski definition) is 6.